The first-order valence-corrected chi connectivity index (χ1v) is 10.7. The van der Waals surface area contributed by atoms with Gasteiger partial charge in [-0.2, -0.15) is 0 Å². The van der Waals surface area contributed by atoms with Gasteiger partial charge in [0.2, 0.25) is 9.70 Å². The molecule has 0 radical (unpaired) electrons. The number of halogens is 3. The Morgan fingerprint density at radius 1 is 1.43 bits per heavy atom. The Labute approximate surface area is 181 Å². The fraction of sp³-hybridized carbons (Fsp3) is 0.588. The van der Waals surface area contributed by atoms with E-state index in [1.807, 2.05) is 13.0 Å². The van der Waals surface area contributed by atoms with E-state index in [1.54, 1.807) is 6.08 Å². The van der Waals surface area contributed by atoms with Gasteiger partial charge in [-0.25, -0.2) is 4.79 Å². The average molecular weight is 470 g/mol. The van der Waals surface area contributed by atoms with Gasteiger partial charge in [-0.3, -0.25) is 14.5 Å². The smallest absolute Gasteiger partial charge is 0.354 e. The highest BCUT2D eigenvalue weighted by Gasteiger charge is 2.54. The van der Waals surface area contributed by atoms with Crippen molar-refractivity contribution >= 4 is 64.3 Å². The zero-order valence-corrected chi connectivity index (χ0v) is 18.0. The fourth-order valence-electron chi connectivity index (χ4n) is 3.10. The molecule has 3 aliphatic rings. The van der Waals surface area contributed by atoms with Crippen LogP contribution in [0.2, 0.25) is 0 Å². The van der Waals surface area contributed by atoms with E-state index in [1.165, 1.54) is 16.7 Å². The number of nitrogens with one attached hydrogen (secondary N) is 1. The molecule has 0 aromatic carbocycles. The van der Waals surface area contributed by atoms with Crippen molar-refractivity contribution in [3.8, 4) is 0 Å². The van der Waals surface area contributed by atoms with Gasteiger partial charge in [0.05, 0.1) is 13.2 Å². The molecule has 154 valence electrons. The van der Waals surface area contributed by atoms with Crippen molar-refractivity contribution in [2.45, 2.75) is 40.2 Å². The lowest BCUT2D eigenvalue weighted by atomic mass is 10.0. The Morgan fingerprint density at radius 3 is 2.82 bits per heavy atom. The number of nitrogens with zero attached hydrogens (tertiary/aromatic N) is 1. The van der Waals surface area contributed by atoms with Crippen LogP contribution in [0.1, 0.15) is 19.8 Å². The summed E-state index contributed by atoms with van der Waals surface area (Å²) in [6.07, 6.45) is 4.57. The first-order valence-electron chi connectivity index (χ1n) is 8.65. The van der Waals surface area contributed by atoms with Crippen LogP contribution in [0.5, 0.6) is 0 Å². The number of β-lactam (4-membered cyclic amide) rings is 1. The van der Waals surface area contributed by atoms with Crippen LogP contribution in [-0.2, 0) is 23.9 Å². The number of ether oxygens (including phenoxy) is 2. The van der Waals surface area contributed by atoms with Gasteiger partial charge in [0.15, 0.2) is 0 Å². The summed E-state index contributed by atoms with van der Waals surface area (Å²) in [7, 11) is 0. The SMILES string of the molecule is CC1C=C(C(=O)OCC(Cl)(Cl)Cl)N2C(=O)C(NC(=O)CC3=CCCOC3)[C@@H]2S1. The van der Waals surface area contributed by atoms with E-state index in [-0.39, 0.29) is 34.6 Å². The van der Waals surface area contributed by atoms with E-state index in [0.717, 1.165) is 12.0 Å². The molecule has 1 N–H and O–H groups in total. The molecule has 0 spiro atoms. The molecule has 3 atom stereocenters. The number of hydrogen-bond acceptors (Lipinski definition) is 6. The first-order chi connectivity index (χ1) is 13.2. The summed E-state index contributed by atoms with van der Waals surface area (Å²) >= 11 is 18.3. The van der Waals surface area contributed by atoms with Gasteiger partial charge in [0, 0.05) is 11.7 Å². The molecule has 7 nitrogen and oxygen atoms in total. The van der Waals surface area contributed by atoms with Crippen LogP contribution in [0, 0.1) is 0 Å². The molecule has 3 aliphatic heterocycles. The van der Waals surface area contributed by atoms with Crippen LogP contribution in [0.4, 0.5) is 0 Å². The van der Waals surface area contributed by atoms with Crippen molar-refractivity contribution in [2.24, 2.45) is 0 Å². The lowest BCUT2D eigenvalue weighted by Gasteiger charge is -2.49. The summed E-state index contributed by atoms with van der Waals surface area (Å²) in [5, 5.41) is 2.32. The number of carbonyl (C=O) groups excluding carboxylic acids is 3. The van der Waals surface area contributed by atoms with Gasteiger partial charge in [-0.1, -0.05) is 40.9 Å². The molecule has 0 saturated carbocycles. The molecule has 1 fully saturated rings. The number of fused-ring (bicyclic) bond motifs is 1. The number of thioether (sulfide) groups is 1. The standard InChI is InChI=1S/C17H19Cl3N2O5S/c1-9-5-11(16(25)27-8-17(18,19)20)22-14(24)13(15(22)28-9)21-12(23)6-10-3-2-4-26-7-10/h3,5,9,13,15H,2,4,6-8H2,1H3,(H,21,23)/t9?,13?,15-/m0/s1. The third-order valence-electron chi connectivity index (χ3n) is 4.31. The maximum atomic E-state index is 12.6. The zero-order chi connectivity index (χ0) is 20.5. The van der Waals surface area contributed by atoms with Crippen LogP contribution in [-0.4, -0.2) is 63.0 Å². The summed E-state index contributed by atoms with van der Waals surface area (Å²) in [5.74, 6) is -1.37. The summed E-state index contributed by atoms with van der Waals surface area (Å²) in [5.41, 5.74) is 0.998. The second kappa shape index (κ2) is 8.83. The monoisotopic (exact) mass is 468 g/mol. The number of alkyl halides is 3. The molecule has 1 saturated heterocycles. The van der Waals surface area contributed by atoms with Crippen molar-refractivity contribution in [3.05, 3.63) is 23.4 Å². The predicted octanol–water partition coefficient (Wildman–Crippen LogP) is 2.31. The fourth-order valence-corrected chi connectivity index (χ4v) is 4.60. The van der Waals surface area contributed by atoms with Crippen LogP contribution in [0.25, 0.3) is 0 Å². The maximum Gasteiger partial charge on any atom is 0.354 e. The van der Waals surface area contributed by atoms with Crippen LogP contribution in [0.15, 0.2) is 23.4 Å². The van der Waals surface area contributed by atoms with E-state index in [2.05, 4.69) is 5.32 Å². The maximum absolute atomic E-state index is 12.6. The van der Waals surface area contributed by atoms with E-state index < -0.39 is 22.4 Å². The lowest BCUT2D eigenvalue weighted by Crippen LogP contribution is -2.70. The van der Waals surface area contributed by atoms with Crippen molar-refractivity contribution in [1.82, 2.24) is 10.2 Å². The van der Waals surface area contributed by atoms with Crippen LogP contribution >= 0.6 is 46.6 Å². The predicted molar refractivity (Wildman–Crippen MR) is 107 cm³/mol. The van der Waals surface area contributed by atoms with Crippen LogP contribution < -0.4 is 5.32 Å². The minimum Gasteiger partial charge on any atom is -0.456 e. The summed E-state index contributed by atoms with van der Waals surface area (Å²) in [4.78, 5) is 38.5. The minimum absolute atomic E-state index is 0.0569. The normalized spacial score (nSPS) is 27.2. The van der Waals surface area contributed by atoms with Gasteiger partial charge in [-0.15, -0.1) is 11.8 Å². The number of hydrogen-bond donors (Lipinski definition) is 1. The Morgan fingerprint density at radius 2 is 2.18 bits per heavy atom. The van der Waals surface area contributed by atoms with Gasteiger partial charge in [0.1, 0.15) is 23.7 Å². The number of rotatable bonds is 5. The molecule has 0 aliphatic carbocycles. The third kappa shape index (κ3) is 5.16. The molecule has 0 aromatic rings. The van der Waals surface area contributed by atoms with E-state index in [9.17, 15) is 14.4 Å². The van der Waals surface area contributed by atoms with Crippen molar-refractivity contribution in [1.29, 1.82) is 0 Å². The third-order valence-corrected chi connectivity index (χ3v) is 5.97. The Hall–Kier alpha value is -0.930. The largest absolute Gasteiger partial charge is 0.456 e. The van der Waals surface area contributed by atoms with Gasteiger partial charge >= 0.3 is 5.97 Å². The van der Waals surface area contributed by atoms with Crippen molar-refractivity contribution < 1.29 is 23.9 Å². The molecule has 3 heterocycles. The van der Waals surface area contributed by atoms with Gasteiger partial charge < -0.3 is 14.8 Å². The van der Waals surface area contributed by atoms with Gasteiger partial charge in [0.25, 0.3) is 5.91 Å². The lowest BCUT2D eigenvalue weighted by molar-refractivity contribution is -0.152. The molecular weight excluding hydrogens is 451 g/mol. The summed E-state index contributed by atoms with van der Waals surface area (Å²) < 4.78 is 8.58. The molecule has 0 bridgehead atoms. The highest BCUT2D eigenvalue weighted by Crippen LogP contribution is 2.41. The highest BCUT2D eigenvalue weighted by molar-refractivity contribution is 8.00. The molecule has 28 heavy (non-hydrogen) atoms. The van der Waals surface area contributed by atoms with E-state index >= 15 is 0 Å². The topological polar surface area (TPSA) is 84.9 Å². The van der Waals surface area contributed by atoms with Gasteiger partial charge in [-0.05, 0) is 25.0 Å². The summed E-state index contributed by atoms with van der Waals surface area (Å²) in [6, 6.07) is -0.699. The number of esters is 1. The Balaban J connectivity index is 1.61. The first kappa shape index (κ1) is 21.8. The average Bonchev–Trinajstić information content (AvgIpc) is 2.63. The molecule has 3 rings (SSSR count). The summed E-state index contributed by atoms with van der Waals surface area (Å²) in [6.45, 7) is 2.53. The second-order valence-electron chi connectivity index (χ2n) is 6.61. The minimum atomic E-state index is -1.74. The Kier molecular flexibility index (Phi) is 6.87. The molecule has 2 amide bonds. The molecule has 2 unspecified atom stereocenters. The Bertz CT molecular complexity index is 737. The van der Waals surface area contributed by atoms with Crippen molar-refractivity contribution in [3.63, 3.8) is 0 Å². The second-order valence-corrected chi connectivity index (χ2v) is 10.6. The van der Waals surface area contributed by atoms with Crippen LogP contribution in [0.3, 0.4) is 0 Å². The van der Waals surface area contributed by atoms with E-state index in [4.69, 9.17) is 44.3 Å². The molecular formula is C17H19Cl3N2O5S. The number of carbonyl (C=O) groups is 3. The highest BCUT2D eigenvalue weighted by atomic mass is 35.6. The van der Waals surface area contributed by atoms with Crippen molar-refractivity contribution in [2.75, 3.05) is 19.8 Å². The quantitative estimate of drug-likeness (QED) is 0.288. The van der Waals surface area contributed by atoms with E-state index in [0.29, 0.717) is 13.2 Å². The number of amides is 2. The molecule has 0 aromatic heterocycles. The zero-order valence-electron chi connectivity index (χ0n) is 15.0. The molecule has 11 heteroatoms.